The summed E-state index contributed by atoms with van der Waals surface area (Å²) in [6.07, 6.45) is 2.29. The molecule has 1 aromatic carbocycles. The molecule has 4 atom stereocenters. The monoisotopic (exact) mass is 264 g/mol. The van der Waals surface area contributed by atoms with Gasteiger partial charge in [-0.3, -0.25) is 5.43 Å². The Hall–Kier alpha value is -0.570. The molecule has 1 heterocycles. The summed E-state index contributed by atoms with van der Waals surface area (Å²) in [6, 6.07) is 11.5. The molecule has 3 rings (SSSR count). The maximum atomic E-state index is 6.67. The largest absolute Gasteiger partial charge is 0.254 e. The molecule has 1 aliphatic heterocycles. The third-order valence-electron chi connectivity index (χ3n) is 4.37. The number of alkyl halides is 1. The van der Waals surface area contributed by atoms with Gasteiger partial charge < -0.3 is 0 Å². The standard InChI is InChI=1S/C15H21ClN2/c1-15(2)8-11(16)13-12(9-15)17-18-14(13)10-6-4-3-5-7-10/h3-7,11-14,17-18H,8-9H2,1-2H3. The molecular weight excluding hydrogens is 244 g/mol. The maximum Gasteiger partial charge on any atom is 0.0520 e. The van der Waals surface area contributed by atoms with E-state index in [1.165, 1.54) is 12.0 Å². The zero-order chi connectivity index (χ0) is 12.8. The predicted molar refractivity (Wildman–Crippen MR) is 75.4 cm³/mol. The molecule has 1 aliphatic carbocycles. The Bertz CT molecular complexity index is 418. The van der Waals surface area contributed by atoms with Crippen molar-refractivity contribution in [3.8, 4) is 0 Å². The van der Waals surface area contributed by atoms with Crippen LogP contribution in [-0.2, 0) is 0 Å². The average Bonchev–Trinajstić information content (AvgIpc) is 2.72. The van der Waals surface area contributed by atoms with E-state index in [1.807, 2.05) is 0 Å². The second kappa shape index (κ2) is 4.52. The van der Waals surface area contributed by atoms with E-state index < -0.39 is 0 Å². The van der Waals surface area contributed by atoms with Crippen LogP contribution in [0.1, 0.15) is 38.3 Å². The fourth-order valence-corrected chi connectivity index (χ4v) is 4.32. The van der Waals surface area contributed by atoms with Crippen LogP contribution in [0.2, 0.25) is 0 Å². The highest BCUT2D eigenvalue weighted by Gasteiger charge is 2.47. The molecule has 0 radical (unpaired) electrons. The van der Waals surface area contributed by atoms with Crippen molar-refractivity contribution in [1.82, 2.24) is 10.9 Å². The van der Waals surface area contributed by atoms with Crippen LogP contribution in [-0.4, -0.2) is 11.4 Å². The smallest absolute Gasteiger partial charge is 0.0520 e. The molecule has 0 bridgehead atoms. The van der Waals surface area contributed by atoms with Gasteiger partial charge in [0.25, 0.3) is 0 Å². The van der Waals surface area contributed by atoms with Gasteiger partial charge in [0.1, 0.15) is 0 Å². The summed E-state index contributed by atoms with van der Waals surface area (Å²) in [5.41, 5.74) is 8.58. The summed E-state index contributed by atoms with van der Waals surface area (Å²) in [5, 5.41) is 0.242. The third kappa shape index (κ3) is 2.18. The second-order valence-electron chi connectivity index (χ2n) is 6.45. The molecule has 4 unspecified atom stereocenters. The van der Waals surface area contributed by atoms with Crippen molar-refractivity contribution in [1.29, 1.82) is 0 Å². The van der Waals surface area contributed by atoms with Crippen LogP contribution in [0.5, 0.6) is 0 Å². The van der Waals surface area contributed by atoms with Crippen molar-refractivity contribution in [2.45, 2.75) is 44.1 Å². The number of rotatable bonds is 1. The van der Waals surface area contributed by atoms with Crippen LogP contribution < -0.4 is 10.9 Å². The Morgan fingerprint density at radius 1 is 1.11 bits per heavy atom. The van der Waals surface area contributed by atoms with E-state index in [0.717, 1.165) is 6.42 Å². The van der Waals surface area contributed by atoms with Gasteiger partial charge in [-0.1, -0.05) is 44.2 Å². The normalized spacial score (nSPS) is 38.4. The molecule has 1 saturated carbocycles. The van der Waals surface area contributed by atoms with E-state index in [4.69, 9.17) is 11.6 Å². The van der Waals surface area contributed by atoms with E-state index in [-0.39, 0.29) is 5.38 Å². The van der Waals surface area contributed by atoms with E-state index in [9.17, 15) is 0 Å². The molecule has 3 heteroatoms. The average molecular weight is 265 g/mol. The Morgan fingerprint density at radius 3 is 2.56 bits per heavy atom. The fourth-order valence-electron chi connectivity index (χ4n) is 3.58. The number of nitrogens with one attached hydrogen (secondary N) is 2. The minimum atomic E-state index is 0.242. The van der Waals surface area contributed by atoms with Crippen LogP contribution in [0.4, 0.5) is 0 Å². The summed E-state index contributed by atoms with van der Waals surface area (Å²) >= 11 is 6.67. The van der Waals surface area contributed by atoms with Gasteiger partial charge in [0.05, 0.1) is 6.04 Å². The summed E-state index contributed by atoms with van der Waals surface area (Å²) < 4.78 is 0. The molecule has 2 nitrogen and oxygen atoms in total. The number of hydrazine groups is 1. The van der Waals surface area contributed by atoms with Crippen LogP contribution in [0.15, 0.2) is 30.3 Å². The lowest BCUT2D eigenvalue weighted by Crippen LogP contribution is -2.44. The van der Waals surface area contributed by atoms with Crippen molar-refractivity contribution in [2.75, 3.05) is 0 Å². The van der Waals surface area contributed by atoms with Gasteiger partial charge in [0.15, 0.2) is 0 Å². The van der Waals surface area contributed by atoms with Crippen molar-refractivity contribution >= 4 is 11.6 Å². The lowest BCUT2D eigenvalue weighted by Gasteiger charge is -2.41. The zero-order valence-corrected chi connectivity index (χ0v) is 11.7. The first-order chi connectivity index (χ1) is 8.57. The number of benzene rings is 1. The van der Waals surface area contributed by atoms with Crippen molar-refractivity contribution in [3.05, 3.63) is 35.9 Å². The van der Waals surface area contributed by atoms with Gasteiger partial charge >= 0.3 is 0 Å². The maximum absolute atomic E-state index is 6.67. The van der Waals surface area contributed by atoms with Crippen molar-refractivity contribution < 1.29 is 0 Å². The summed E-state index contributed by atoms with van der Waals surface area (Å²) in [5.74, 6) is 0.488. The van der Waals surface area contributed by atoms with Crippen LogP contribution in [0, 0.1) is 11.3 Å². The molecule has 2 fully saturated rings. The van der Waals surface area contributed by atoms with Gasteiger partial charge in [-0.15, -0.1) is 11.6 Å². The second-order valence-corrected chi connectivity index (χ2v) is 7.01. The first kappa shape index (κ1) is 12.5. The molecule has 2 aliphatic rings. The molecular formula is C15H21ClN2. The van der Waals surface area contributed by atoms with Gasteiger partial charge in [0.2, 0.25) is 0 Å². The Morgan fingerprint density at radius 2 is 1.83 bits per heavy atom. The SMILES string of the molecule is CC1(C)CC(Cl)C2C(C1)NNC2c1ccccc1. The van der Waals surface area contributed by atoms with Crippen LogP contribution >= 0.6 is 11.6 Å². The fraction of sp³-hybridized carbons (Fsp3) is 0.600. The zero-order valence-electron chi connectivity index (χ0n) is 11.0. The Balaban J connectivity index is 1.85. The predicted octanol–water partition coefficient (Wildman–Crippen LogP) is 3.25. The Labute approximate surface area is 114 Å². The highest BCUT2D eigenvalue weighted by Crippen LogP contribution is 2.47. The van der Waals surface area contributed by atoms with Gasteiger partial charge in [-0.05, 0) is 23.8 Å². The first-order valence-electron chi connectivity index (χ1n) is 6.77. The molecule has 1 saturated heterocycles. The van der Waals surface area contributed by atoms with E-state index in [2.05, 4.69) is 55.0 Å². The lowest BCUT2D eigenvalue weighted by atomic mass is 9.68. The molecule has 18 heavy (non-hydrogen) atoms. The van der Waals surface area contributed by atoms with Crippen LogP contribution in [0.3, 0.4) is 0 Å². The summed E-state index contributed by atoms with van der Waals surface area (Å²) in [6.45, 7) is 4.63. The molecule has 98 valence electrons. The van der Waals surface area contributed by atoms with E-state index in [0.29, 0.717) is 23.4 Å². The van der Waals surface area contributed by atoms with Gasteiger partial charge in [0, 0.05) is 17.3 Å². The van der Waals surface area contributed by atoms with Gasteiger partial charge in [-0.2, -0.15) is 0 Å². The highest BCUT2D eigenvalue weighted by atomic mass is 35.5. The minimum Gasteiger partial charge on any atom is -0.254 e. The van der Waals surface area contributed by atoms with Crippen molar-refractivity contribution in [3.63, 3.8) is 0 Å². The molecule has 1 aromatic rings. The molecule has 0 aromatic heterocycles. The topological polar surface area (TPSA) is 24.1 Å². The molecule has 2 N–H and O–H groups in total. The third-order valence-corrected chi connectivity index (χ3v) is 4.82. The lowest BCUT2D eigenvalue weighted by molar-refractivity contribution is 0.169. The minimum absolute atomic E-state index is 0.242. The first-order valence-corrected chi connectivity index (χ1v) is 7.20. The number of hydrogen-bond acceptors (Lipinski definition) is 2. The molecule has 0 spiro atoms. The van der Waals surface area contributed by atoms with E-state index in [1.54, 1.807) is 0 Å². The quantitative estimate of drug-likeness (QED) is 0.761. The van der Waals surface area contributed by atoms with Crippen molar-refractivity contribution in [2.24, 2.45) is 11.3 Å². The number of hydrogen-bond donors (Lipinski definition) is 2. The highest BCUT2D eigenvalue weighted by molar-refractivity contribution is 6.21. The Kier molecular flexibility index (Phi) is 3.13. The molecule has 0 amide bonds. The summed E-state index contributed by atoms with van der Waals surface area (Å²) in [4.78, 5) is 0. The van der Waals surface area contributed by atoms with Gasteiger partial charge in [-0.25, -0.2) is 5.43 Å². The number of halogens is 1. The number of fused-ring (bicyclic) bond motifs is 1. The van der Waals surface area contributed by atoms with Crippen LogP contribution in [0.25, 0.3) is 0 Å². The summed E-state index contributed by atoms with van der Waals surface area (Å²) in [7, 11) is 0. The van der Waals surface area contributed by atoms with E-state index >= 15 is 0 Å².